The van der Waals surface area contributed by atoms with Crippen LogP contribution in [-0.2, 0) is 14.3 Å². The average Bonchev–Trinajstić information content (AvgIpc) is 2.27. The molecule has 17 heavy (non-hydrogen) atoms. The first-order valence-electron chi connectivity index (χ1n) is 6.21. The molecular weight excluding hydrogens is 236 g/mol. The Kier molecular flexibility index (Phi) is 4.90. The Morgan fingerprint density at radius 2 is 2.06 bits per heavy atom. The molecule has 1 rings (SSSR count). The Labute approximate surface area is 109 Å². The molecule has 0 saturated carbocycles. The normalized spacial score (nSPS) is 25.1. The molecule has 0 bridgehead atoms. The van der Waals surface area contributed by atoms with Gasteiger partial charge >= 0.3 is 5.97 Å². The van der Waals surface area contributed by atoms with Crippen molar-refractivity contribution in [2.24, 2.45) is 10.8 Å². The fourth-order valence-corrected chi connectivity index (χ4v) is 2.50. The minimum atomic E-state index is -0.460. The van der Waals surface area contributed by atoms with Gasteiger partial charge in [-0.3, -0.25) is 4.79 Å². The molecule has 0 aromatic rings. The van der Waals surface area contributed by atoms with Crippen molar-refractivity contribution in [1.29, 1.82) is 0 Å². The zero-order valence-electron chi connectivity index (χ0n) is 11.5. The van der Waals surface area contributed by atoms with Crippen LogP contribution >= 0.6 is 11.8 Å². The molecule has 3 nitrogen and oxygen atoms in total. The smallest absolute Gasteiger partial charge is 0.314 e. The zero-order valence-corrected chi connectivity index (χ0v) is 12.4. The van der Waals surface area contributed by atoms with Gasteiger partial charge in [0.05, 0.1) is 17.8 Å². The number of hydrogen-bond donors (Lipinski definition) is 0. The number of carbonyl (C=O) groups is 1. The maximum Gasteiger partial charge on any atom is 0.314 e. The molecule has 0 aliphatic carbocycles. The third kappa shape index (κ3) is 3.38. The van der Waals surface area contributed by atoms with Crippen LogP contribution < -0.4 is 0 Å². The van der Waals surface area contributed by atoms with E-state index in [2.05, 4.69) is 20.8 Å². The molecule has 0 aromatic carbocycles. The van der Waals surface area contributed by atoms with E-state index in [1.54, 1.807) is 11.8 Å². The van der Waals surface area contributed by atoms with Gasteiger partial charge in [0.15, 0.2) is 0 Å². The van der Waals surface area contributed by atoms with Crippen molar-refractivity contribution in [2.75, 3.05) is 18.1 Å². The first-order valence-corrected chi connectivity index (χ1v) is 7.37. The summed E-state index contributed by atoms with van der Waals surface area (Å²) < 4.78 is 10.9. The number of carbonyl (C=O) groups excluding carboxylic acids is 1. The minimum Gasteiger partial charge on any atom is -0.434 e. The molecule has 1 aliphatic heterocycles. The zero-order chi connectivity index (χ0) is 13.1. The number of hydrogen-bond acceptors (Lipinski definition) is 4. The number of esters is 1. The Morgan fingerprint density at radius 1 is 1.41 bits per heavy atom. The van der Waals surface area contributed by atoms with E-state index >= 15 is 0 Å². The summed E-state index contributed by atoms with van der Waals surface area (Å²) in [4.78, 5) is 12.3. The number of ether oxygens (including phenoxy) is 2. The van der Waals surface area contributed by atoms with E-state index in [1.165, 1.54) is 0 Å². The van der Waals surface area contributed by atoms with Gasteiger partial charge in [-0.05, 0) is 18.8 Å². The second-order valence-electron chi connectivity index (χ2n) is 5.72. The van der Waals surface area contributed by atoms with E-state index < -0.39 is 5.41 Å². The molecule has 0 aromatic heterocycles. The van der Waals surface area contributed by atoms with Gasteiger partial charge in [-0.25, -0.2) is 0 Å². The van der Waals surface area contributed by atoms with Crippen LogP contribution in [-0.4, -0.2) is 30.4 Å². The number of rotatable bonds is 3. The molecule has 4 heteroatoms. The van der Waals surface area contributed by atoms with Gasteiger partial charge < -0.3 is 9.47 Å². The molecular formula is C13H24O3S. The second-order valence-corrected chi connectivity index (χ2v) is 6.87. The highest BCUT2D eigenvalue weighted by atomic mass is 32.2. The van der Waals surface area contributed by atoms with Crippen molar-refractivity contribution in [3.8, 4) is 0 Å². The third-order valence-corrected chi connectivity index (χ3v) is 4.80. The standard InChI is InChI=1S/C13H24O3S/c1-6-13(5,12(2,3)4)11(14)16-10-9-17-8-7-15-10/h10H,6-9H2,1-5H3. The van der Waals surface area contributed by atoms with Gasteiger partial charge in [-0.1, -0.05) is 27.7 Å². The third-order valence-electron chi connectivity index (χ3n) is 3.84. The summed E-state index contributed by atoms with van der Waals surface area (Å²) >= 11 is 1.77. The molecule has 1 aliphatic rings. The monoisotopic (exact) mass is 260 g/mol. The predicted octanol–water partition coefficient (Wildman–Crippen LogP) is 3.08. The van der Waals surface area contributed by atoms with Crippen molar-refractivity contribution in [3.05, 3.63) is 0 Å². The Morgan fingerprint density at radius 3 is 2.47 bits per heavy atom. The summed E-state index contributed by atoms with van der Waals surface area (Å²) in [6.07, 6.45) is 0.407. The van der Waals surface area contributed by atoms with Gasteiger partial charge in [0.2, 0.25) is 6.29 Å². The lowest BCUT2D eigenvalue weighted by Gasteiger charge is -2.39. The van der Waals surface area contributed by atoms with Gasteiger partial charge in [-0.2, -0.15) is 11.8 Å². The van der Waals surface area contributed by atoms with Crippen molar-refractivity contribution in [1.82, 2.24) is 0 Å². The average molecular weight is 260 g/mol. The quantitative estimate of drug-likeness (QED) is 0.731. The van der Waals surface area contributed by atoms with E-state index in [4.69, 9.17) is 9.47 Å². The maximum absolute atomic E-state index is 12.3. The van der Waals surface area contributed by atoms with Crippen LogP contribution in [0.25, 0.3) is 0 Å². The van der Waals surface area contributed by atoms with Crippen LogP contribution in [0.15, 0.2) is 0 Å². The van der Waals surface area contributed by atoms with Crippen molar-refractivity contribution in [3.63, 3.8) is 0 Å². The Hall–Kier alpha value is -0.220. The van der Waals surface area contributed by atoms with E-state index in [-0.39, 0.29) is 17.7 Å². The topological polar surface area (TPSA) is 35.5 Å². The van der Waals surface area contributed by atoms with Crippen LogP contribution in [0.1, 0.15) is 41.0 Å². The van der Waals surface area contributed by atoms with Crippen molar-refractivity contribution >= 4 is 17.7 Å². The molecule has 0 radical (unpaired) electrons. The molecule has 100 valence electrons. The van der Waals surface area contributed by atoms with Gasteiger partial charge in [-0.15, -0.1) is 0 Å². The van der Waals surface area contributed by atoms with Crippen LogP contribution in [0.3, 0.4) is 0 Å². The summed E-state index contributed by atoms with van der Waals surface area (Å²) in [7, 11) is 0. The van der Waals surface area contributed by atoms with Gasteiger partial charge in [0.1, 0.15) is 0 Å². The molecule has 1 saturated heterocycles. The lowest BCUT2D eigenvalue weighted by atomic mass is 9.66. The molecule has 0 N–H and O–H groups in total. The van der Waals surface area contributed by atoms with E-state index in [0.717, 1.165) is 17.9 Å². The summed E-state index contributed by atoms with van der Waals surface area (Å²) in [6, 6.07) is 0. The molecule has 2 unspecified atom stereocenters. The summed E-state index contributed by atoms with van der Waals surface area (Å²) in [5, 5.41) is 0. The van der Waals surface area contributed by atoms with Gasteiger partial charge in [0.25, 0.3) is 0 Å². The summed E-state index contributed by atoms with van der Waals surface area (Å²) in [6.45, 7) is 10.9. The van der Waals surface area contributed by atoms with Crippen LogP contribution in [0.5, 0.6) is 0 Å². The highest BCUT2D eigenvalue weighted by molar-refractivity contribution is 7.99. The number of thioether (sulfide) groups is 1. The largest absolute Gasteiger partial charge is 0.434 e. The molecule has 2 atom stereocenters. The van der Waals surface area contributed by atoms with E-state index in [9.17, 15) is 4.79 Å². The molecule has 1 heterocycles. The van der Waals surface area contributed by atoms with Crippen molar-refractivity contribution in [2.45, 2.75) is 47.3 Å². The van der Waals surface area contributed by atoms with Crippen molar-refractivity contribution < 1.29 is 14.3 Å². The van der Waals surface area contributed by atoms with Gasteiger partial charge in [0, 0.05) is 5.75 Å². The van der Waals surface area contributed by atoms with E-state index in [1.807, 2.05) is 13.8 Å². The fraction of sp³-hybridized carbons (Fsp3) is 0.923. The fourth-order valence-electron chi connectivity index (χ4n) is 1.76. The van der Waals surface area contributed by atoms with Crippen LogP contribution in [0.2, 0.25) is 0 Å². The second kappa shape index (κ2) is 5.61. The lowest BCUT2D eigenvalue weighted by molar-refractivity contribution is -0.191. The maximum atomic E-state index is 12.3. The lowest BCUT2D eigenvalue weighted by Crippen LogP contribution is -2.43. The highest BCUT2D eigenvalue weighted by Crippen LogP contribution is 2.42. The molecule has 0 amide bonds. The summed E-state index contributed by atoms with van der Waals surface area (Å²) in [5.74, 6) is 1.59. The molecule has 0 spiro atoms. The first kappa shape index (κ1) is 14.8. The minimum absolute atomic E-state index is 0.110. The Bertz CT molecular complexity index is 266. The summed E-state index contributed by atoms with van der Waals surface area (Å²) in [5.41, 5.74) is -0.570. The van der Waals surface area contributed by atoms with E-state index in [0.29, 0.717) is 6.61 Å². The predicted molar refractivity (Wildman–Crippen MR) is 71.0 cm³/mol. The SMILES string of the molecule is CCC(C)(C(=O)OC1CSCCO1)C(C)(C)C. The van der Waals surface area contributed by atoms with Crippen LogP contribution in [0.4, 0.5) is 0 Å². The Balaban J connectivity index is 2.66. The first-order chi connectivity index (χ1) is 7.81. The van der Waals surface area contributed by atoms with Crippen LogP contribution in [0, 0.1) is 10.8 Å². The highest BCUT2D eigenvalue weighted by Gasteiger charge is 2.45. The molecule has 1 fully saturated rings.